The van der Waals surface area contributed by atoms with E-state index in [0.717, 1.165) is 37.3 Å². The van der Waals surface area contributed by atoms with E-state index in [0.29, 0.717) is 0 Å². The van der Waals surface area contributed by atoms with Crippen LogP contribution in [0, 0.1) is 0 Å². The van der Waals surface area contributed by atoms with Crippen molar-refractivity contribution in [2.24, 2.45) is 0 Å². The Bertz CT molecular complexity index is 3220. The van der Waals surface area contributed by atoms with Crippen LogP contribution < -0.4 is 28.3 Å². The summed E-state index contributed by atoms with van der Waals surface area (Å²) in [4.78, 5) is 90.5. The van der Waals surface area contributed by atoms with E-state index in [1.807, 2.05) is 0 Å². The second kappa shape index (κ2) is 19.3. The molecule has 0 amide bonds. The number of rotatable bonds is 18. The van der Waals surface area contributed by atoms with Gasteiger partial charge in [0.15, 0.2) is 52.5 Å². The van der Waals surface area contributed by atoms with Crippen LogP contribution in [0.1, 0.15) is 18.7 Å². The van der Waals surface area contributed by atoms with E-state index in [-0.39, 0.29) is 51.2 Å². The fourth-order valence-corrected chi connectivity index (χ4v) is 10.6. The number of hydrogen-bond donors (Lipinski definition) is 10. The number of phosphoric ester groups is 2. The first-order chi connectivity index (χ1) is 33.6. The molecule has 0 bridgehead atoms. The number of phosphoric acid groups is 2. The summed E-state index contributed by atoms with van der Waals surface area (Å²) in [6, 6.07) is 0. The van der Waals surface area contributed by atoms with E-state index >= 15 is 0 Å². The molecule has 38 heteroatoms. The van der Waals surface area contributed by atoms with E-state index < -0.39 is 128 Å². The molecule has 0 radical (unpaired) electrons. The van der Waals surface area contributed by atoms with Crippen LogP contribution in [-0.2, 0) is 60.0 Å². The lowest BCUT2D eigenvalue weighted by atomic mass is 10.1. The Kier molecular flexibility index (Phi) is 13.8. The van der Waals surface area contributed by atoms with Crippen LogP contribution in [0.25, 0.3) is 33.5 Å². The molecule has 3 aliphatic rings. The Hall–Kier alpha value is -5.26. The molecular weight excluding hydrogens is 1020 g/mol. The number of aromatic nitrogens is 12. The fraction of sp³-hybridized carbons (Fsp3) is 0.545. The van der Waals surface area contributed by atoms with Crippen LogP contribution in [0.2, 0.25) is 0 Å². The van der Waals surface area contributed by atoms with Crippen molar-refractivity contribution in [1.29, 1.82) is 0 Å². The summed E-state index contributed by atoms with van der Waals surface area (Å²) in [6.45, 7) is -1.71. The minimum absolute atomic E-state index is 0.0165. The molecule has 3 saturated heterocycles. The second-order valence-electron chi connectivity index (χ2n) is 16.0. The fourth-order valence-electron chi connectivity index (χ4n) is 8.22. The molecule has 0 spiro atoms. The minimum Gasteiger partial charge on any atom is -0.387 e. The number of methoxy groups -OCH3 is 2. The third-order valence-corrected chi connectivity index (χ3v) is 14.0. The number of nitrogens with one attached hydrogen (secondary N) is 2. The van der Waals surface area contributed by atoms with Gasteiger partial charge in [0, 0.05) is 20.9 Å². The number of H-pyrrole nitrogens is 2. The van der Waals surface area contributed by atoms with Crippen molar-refractivity contribution in [3.8, 4) is 0 Å². The summed E-state index contributed by atoms with van der Waals surface area (Å²) in [5, 5.41) is 21.8. The van der Waals surface area contributed by atoms with Crippen molar-refractivity contribution in [2.45, 2.75) is 73.6 Å². The molecule has 13 N–H and O–H groups in total. The Morgan fingerprint density at radius 2 is 1.04 bits per heavy atom. The lowest BCUT2D eigenvalue weighted by Gasteiger charge is -2.27. The van der Waals surface area contributed by atoms with Crippen LogP contribution in [0.4, 0.5) is 17.7 Å². The molecule has 0 aliphatic carbocycles. The Morgan fingerprint density at radius 1 is 0.606 bits per heavy atom. The number of imidazole rings is 3. The van der Waals surface area contributed by atoms with Crippen LogP contribution >= 0.6 is 23.2 Å². The van der Waals surface area contributed by atoms with Crippen molar-refractivity contribution in [2.75, 3.05) is 57.9 Å². The lowest BCUT2D eigenvalue weighted by Crippen LogP contribution is -2.39. The molecule has 6 unspecified atom stereocenters. The molecule has 9 heterocycles. The van der Waals surface area contributed by atoms with Crippen molar-refractivity contribution in [3.63, 3.8) is 0 Å². The van der Waals surface area contributed by atoms with Crippen molar-refractivity contribution in [3.05, 3.63) is 46.0 Å². The molecule has 15 atom stereocenters. The predicted octanol–water partition coefficient (Wildman–Crippen LogP) is -2.88. The van der Waals surface area contributed by atoms with Gasteiger partial charge in [-0.05, 0) is 0 Å². The summed E-state index contributed by atoms with van der Waals surface area (Å²) in [7, 11) is -12.6. The third-order valence-electron chi connectivity index (χ3n) is 11.4. The molecular formula is C33H44N15O20P3. The normalized spacial score (nSPS) is 30.6. The standard InChI is InChI=1S/C33H44N15O20P3/c1-59-21-19(12(5-61-69(3,53)54)65-30(21)46-8-39-14-23(34)37-7-38-24(14)46)67-71(57,58)63-6-13-20(22(60-2)31(66-13)48-10-41-16-26(48)43-33(36)45-28(16)52)68-70(55,56)62-4-11-17(49)18(50)29(64-11)47-9-40-15-25(47)42-32(35)44-27(15)51/h7-13,17-22,29-31,49-50H,4-6H2,1-3H3,(H,53,54)(H,55,56)(H,57,58)(H2,34,37,38)(H3,35,42,44,51)(H3,36,43,45,52)/t11-,12-,13-,17?,18+,19?,20?,21+,22+,29-,30-,31-/m1/s1. The number of aromatic amines is 2. The quantitative estimate of drug-likeness (QED) is 0.0387. The van der Waals surface area contributed by atoms with Gasteiger partial charge in [0.1, 0.15) is 66.8 Å². The van der Waals surface area contributed by atoms with Gasteiger partial charge in [-0.25, -0.2) is 34.0 Å². The number of nitrogens with zero attached hydrogens (tertiary/aromatic N) is 10. The maximum atomic E-state index is 14.0. The zero-order valence-corrected chi connectivity index (χ0v) is 39.4. The summed E-state index contributed by atoms with van der Waals surface area (Å²) in [5.74, 6) is -0.600. The van der Waals surface area contributed by atoms with Crippen LogP contribution in [-0.4, -0.2) is 179 Å². The number of ether oxygens (including phenoxy) is 5. The highest BCUT2D eigenvalue weighted by atomic mass is 31.2. The highest BCUT2D eigenvalue weighted by Crippen LogP contribution is 2.53. The SMILES string of the molecule is CO[C@H]1C(OP(=O)(O)OC[C@H]2O[C@@H](n3cnc4c(=O)[nH]c(N)nc43)[C@@H](OC)C2OP(=O)(O)OC[C@H]2O[C@@H](n3cnc4c(=O)[nH]c(N)nc43)[C@@H](O)C2O)[C@@H](COP(C)(=O)O)O[C@H]1n1cnc2c(N)ncnc21. The second-order valence-corrected chi connectivity index (χ2v) is 20.7. The Labute approximate surface area is 394 Å². The molecule has 71 heavy (non-hydrogen) atoms. The summed E-state index contributed by atoms with van der Waals surface area (Å²) in [5.41, 5.74) is 15.7. The highest BCUT2D eigenvalue weighted by Gasteiger charge is 2.54. The van der Waals surface area contributed by atoms with Crippen molar-refractivity contribution in [1.82, 2.24) is 58.6 Å². The lowest BCUT2D eigenvalue weighted by molar-refractivity contribution is -0.0630. The van der Waals surface area contributed by atoms with E-state index in [9.17, 15) is 48.2 Å². The smallest absolute Gasteiger partial charge is 0.387 e. The number of nitrogen functional groups attached to an aromatic ring is 3. The van der Waals surface area contributed by atoms with Gasteiger partial charge in [0.05, 0.1) is 38.8 Å². The third kappa shape index (κ3) is 9.99. The molecule has 386 valence electrons. The molecule has 35 nitrogen and oxygen atoms in total. The average Bonchev–Trinajstić information content (AvgIpc) is 4.16. The van der Waals surface area contributed by atoms with Gasteiger partial charge in [0.2, 0.25) is 11.9 Å². The largest absolute Gasteiger partial charge is 0.472 e. The van der Waals surface area contributed by atoms with Gasteiger partial charge >= 0.3 is 23.2 Å². The number of aliphatic hydroxyl groups excluding tert-OH is 2. The van der Waals surface area contributed by atoms with E-state index in [4.69, 9.17) is 63.5 Å². The minimum atomic E-state index is -5.39. The zero-order chi connectivity index (χ0) is 50.9. The average molecular weight is 1060 g/mol. The first-order valence-corrected chi connectivity index (χ1v) is 25.6. The molecule has 6 aromatic rings. The summed E-state index contributed by atoms with van der Waals surface area (Å²) < 4.78 is 100. The molecule has 3 fully saturated rings. The predicted molar refractivity (Wildman–Crippen MR) is 233 cm³/mol. The van der Waals surface area contributed by atoms with Crippen LogP contribution in [0.5, 0.6) is 0 Å². The monoisotopic (exact) mass is 1060 g/mol. The Morgan fingerprint density at radius 3 is 1.54 bits per heavy atom. The van der Waals surface area contributed by atoms with Gasteiger partial charge in [-0.2, -0.15) is 9.97 Å². The molecule has 3 aliphatic heterocycles. The van der Waals surface area contributed by atoms with Crippen molar-refractivity contribution >= 4 is 74.4 Å². The number of fused-ring (bicyclic) bond motifs is 3. The van der Waals surface area contributed by atoms with Gasteiger partial charge < -0.3 is 70.3 Å². The number of aliphatic hydroxyl groups is 2. The van der Waals surface area contributed by atoms with E-state index in [1.54, 1.807) is 0 Å². The number of anilines is 3. The summed E-state index contributed by atoms with van der Waals surface area (Å²) in [6.07, 6.45) is -13.9. The highest BCUT2D eigenvalue weighted by molar-refractivity contribution is 7.51. The topological polar surface area (TPSA) is 493 Å². The zero-order valence-electron chi connectivity index (χ0n) is 36.8. The van der Waals surface area contributed by atoms with Gasteiger partial charge in [-0.15, -0.1) is 0 Å². The maximum absolute atomic E-state index is 14.0. The van der Waals surface area contributed by atoms with Crippen LogP contribution in [0.3, 0.4) is 0 Å². The maximum Gasteiger partial charge on any atom is 0.472 e. The van der Waals surface area contributed by atoms with E-state index in [1.165, 1.54) is 22.6 Å². The van der Waals surface area contributed by atoms with Crippen molar-refractivity contribution < 1.29 is 84.9 Å². The van der Waals surface area contributed by atoms with Gasteiger partial charge in [0.25, 0.3) is 11.1 Å². The summed E-state index contributed by atoms with van der Waals surface area (Å²) >= 11 is 0. The molecule has 9 rings (SSSR count). The van der Waals surface area contributed by atoms with Crippen LogP contribution in [0.15, 0.2) is 34.9 Å². The number of hydrogen-bond acceptors (Lipinski definition) is 27. The van der Waals surface area contributed by atoms with Gasteiger partial charge in [-0.1, -0.05) is 0 Å². The first kappa shape index (κ1) is 50.7. The number of nitrogens with two attached hydrogens (primary N) is 3. The molecule has 0 saturated carbocycles. The molecule has 6 aromatic heterocycles. The Balaban J connectivity index is 0.958. The first-order valence-electron chi connectivity index (χ1n) is 20.6. The van der Waals surface area contributed by atoms with Gasteiger partial charge in [-0.3, -0.25) is 55.9 Å². The molecule has 0 aromatic carbocycles. The van der Waals surface area contributed by atoms with E-state index in [2.05, 4.69) is 44.9 Å².